The molecule has 2 aromatic carbocycles. The monoisotopic (exact) mass is 415 g/mol. The predicted molar refractivity (Wildman–Crippen MR) is 118 cm³/mol. The molecule has 0 aliphatic carbocycles. The van der Waals surface area contributed by atoms with E-state index in [9.17, 15) is 4.39 Å². The van der Waals surface area contributed by atoms with Gasteiger partial charge in [0.25, 0.3) is 0 Å². The van der Waals surface area contributed by atoms with Crippen LogP contribution >= 0.6 is 0 Å². The molecule has 0 radical (unpaired) electrons. The number of anilines is 2. The van der Waals surface area contributed by atoms with E-state index in [4.69, 9.17) is 9.72 Å². The Balaban J connectivity index is 1.66. The molecule has 0 unspecified atom stereocenters. The quantitative estimate of drug-likeness (QED) is 0.456. The van der Waals surface area contributed by atoms with Crippen molar-refractivity contribution < 1.29 is 9.13 Å². The van der Waals surface area contributed by atoms with Gasteiger partial charge in [0, 0.05) is 18.2 Å². The van der Waals surface area contributed by atoms with Crippen molar-refractivity contribution in [2.45, 2.75) is 26.3 Å². The summed E-state index contributed by atoms with van der Waals surface area (Å²) in [5.41, 5.74) is 4.09. The first-order valence-electron chi connectivity index (χ1n) is 10.2. The minimum atomic E-state index is -0.326. The third-order valence-electron chi connectivity index (χ3n) is 5.66. The zero-order valence-electron chi connectivity index (χ0n) is 17.4. The highest BCUT2D eigenvalue weighted by Gasteiger charge is 2.27. The van der Waals surface area contributed by atoms with Crippen molar-refractivity contribution in [2.24, 2.45) is 0 Å². The molecule has 1 aliphatic rings. The van der Waals surface area contributed by atoms with Gasteiger partial charge in [-0.15, -0.1) is 0 Å². The summed E-state index contributed by atoms with van der Waals surface area (Å²) in [6.07, 6.45) is 4.12. The predicted octanol–water partition coefficient (Wildman–Crippen LogP) is 5.24. The minimum absolute atomic E-state index is 0.0609. The summed E-state index contributed by atoms with van der Waals surface area (Å²) in [6.45, 7) is 8.41. The smallest absolute Gasteiger partial charge is 0.236 e. The highest BCUT2D eigenvalue weighted by atomic mass is 19.1. The fourth-order valence-corrected chi connectivity index (χ4v) is 4.21. The molecule has 31 heavy (non-hydrogen) atoms. The zero-order chi connectivity index (χ0) is 21.5. The number of fused-ring (bicyclic) bond motifs is 2. The van der Waals surface area contributed by atoms with Crippen molar-refractivity contribution in [1.82, 2.24) is 19.5 Å². The molecule has 1 atom stereocenters. The van der Waals surface area contributed by atoms with Gasteiger partial charge >= 0.3 is 0 Å². The lowest BCUT2D eigenvalue weighted by Crippen LogP contribution is -2.21. The van der Waals surface area contributed by atoms with E-state index in [2.05, 4.69) is 27.2 Å². The number of aryl methyl sites for hydroxylation is 2. The average molecular weight is 415 g/mol. The number of nitrogens with zero attached hydrogens (tertiary/aromatic N) is 5. The molecular weight excluding hydrogens is 393 g/mol. The van der Waals surface area contributed by atoms with E-state index in [0.29, 0.717) is 23.8 Å². The Kier molecular flexibility index (Phi) is 4.66. The molecule has 0 bridgehead atoms. The van der Waals surface area contributed by atoms with Crippen molar-refractivity contribution in [1.29, 1.82) is 0 Å². The second-order valence-electron chi connectivity index (χ2n) is 7.58. The Morgan fingerprint density at radius 2 is 2.03 bits per heavy atom. The zero-order valence-corrected chi connectivity index (χ0v) is 17.4. The summed E-state index contributed by atoms with van der Waals surface area (Å²) in [5.74, 6) is 1.83. The van der Waals surface area contributed by atoms with Crippen molar-refractivity contribution in [2.75, 3.05) is 11.5 Å². The second kappa shape index (κ2) is 7.50. The van der Waals surface area contributed by atoms with Crippen LogP contribution in [0.25, 0.3) is 11.2 Å². The van der Waals surface area contributed by atoms with Gasteiger partial charge in [-0.2, -0.15) is 4.98 Å². The second-order valence-corrected chi connectivity index (χ2v) is 7.58. The van der Waals surface area contributed by atoms with Crippen LogP contribution in [0.5, 0.6) is 5.75 Å². The van der Waals surface area contributed by atoms with Crippen molar-refractivity contribution in [3.63, 3.8) is 0 Å². The van der Waals surface area contributed by atoms with Crippen LogP contribution in [0.1, 0.15) is 29.4 Å². The molecule has 6 nitrogen and oxygen atoms in total. The van der Waals surface area contributed by atoms with Gasteiger partial charge in [-0.1, -0.05) is 30.8 Å². The fraction of sp³-hybridized carbons (Fsp3) is 0.208. The lowest BCUT2D eigenvalue weighted by molar-refractivity contribution is 0.256. The molecule has 0 saturated heterocycles. The summed E-state index contributed by atoms with van der Waals surface area (Å²) in [7, 11) is 0. The van der Waals surface area contributed by atoms with E-state index >= 15 is 0 Å². The van der Waals surface area contributed by atoms with Gasteiger partial charge in [-0.05, 0) is 37.6 Å². The first-order chi connectivity index (χ1) is 15.1. The molecule has 156 valence electrons. The Labute approximate surface area is 179 Å². The maximum atomic E-state index is 13.9. The number of para-hydroxylation sites is 1. The molecule has 0 fully saturated rings. The minimum Gasteiger partial charge on any atom is -0.493 e. The van der Waals surface area contributed by atoms with Crippen LogP contribution in [0.4, 0.5) is 16.0 Å². The van der Waals surface area contributed by atoms with Gasteiger partial charge in [0.2, 0.25) is 5.95 Å². The number of rotatable bonds is 4. The van der Waals surface area contributed by atoms with Crippen molar-refractivity contribution in [3.05, 3.63) is 84.2 Å². The van der Waals surface area contributed by atoms with E-state index in [0.717, 1.165) is 34.8 Å². The van der Waals surface area contributed by atoms with Crippen LogP contribution in [0.15, 0.2) is 61.4 Å². The van der Waals surface area contributed by atoms with Gasteiger partial charge in [-0.3, -0.25) is 4.90 Å². The molecule has 5 rings (SSSR count). The lowest BCUT2D eigenvalue weighted by atomic mass is 10.0. The van der Waals surface area contributed by atoms with E-state index < -0.39 is 0 Å². The van der Waals surface area contributed by atoms with Crippen LogP contribution in [0.2, 0.25) is 0 Å². The lowest BCUT2D eigenvalue weighted by Gasteiger charge is -2.28. The number of halogens is 1. The first kappa shape index (κ1) is 19.2. The largest absolute Gasteiger partial charge is 0.493 e. The molecule has 0 amide bonds. The Morgan fingerprint density at radius 3 is 2.87 bits per heavy atom. The molecule has 7 heteroatoms. The Bertz CT molecular complexity index is 1300. The fourth-order valence-electron chi connectivity index (χ4n) is 4.21. The number of hydrogen-bond donors (Lipinski definition) is 0. The molecule has 3 heterocycles. The third-order valence-corrected chi connectivity index (χ3v) is 5.66. The van der Waals surface area contributed by atoms with E-state index in [1.807, 2.05) is 32.0 Å². The standard InChI is InChI=1S/C24H22FN5O/c1-4-29(21-13-17(25)10-9-15(21)2)24-26-14-19-23(28-24)30(16(3)27-19)20-11-12-31-22-8-6-5-7-18(20)22/h4-10,13-14,20H,1,11-12H2,2-3H3/t20-/m1/s1. The van der Waals surface area contributed by atoms with Gasteiger partial charge in [-0.25, -0.2) is 14.4 Å². The normalized spacial score (nSPS) is 15.4. The van der Waals surface area contributed by atoms with Crippen LogP contribution in [0.3, 0.4) is 0 Å². The van der Waals surface area contributed by atoms with E-state index in [1.54, 1.807) is 23.4 Å². The van der Waals surface area contributed by atoms with E-state index in [1.165, 1.54) is 12.1 Å². The molecule has 0 saturated carbocycles. The molecular formula is C24H22FN5O. The Morgan fingerprint density at radius 1 is 1.19 bits per heavy atom. The Hall–Kier alpha value is -3.74. The number of benzene rings is 2. The first-order valence-corrected chi connectivity index (χ1v) is 10.2. The third kappa shape index (κ3) is 3.22. The molecule has 0 spiro atoms. The molecule has 1 aliphatic heterocycles. The van der Waals surface area contributed by atoms with Gasteiger partial charge in [0.15, 0.2) is 5.65 Å². The summed E-state index contributed by atoms with van der Waals surface area (Å²) < 4.78 is 21.9. The van der Waals surface area contributed by atoms with Gasteiger partial charge in [0.1, 0.15) is 22.9 Å². The van der Waals surface area contributed by atoms with Crippen LogP contribution in [-0.4, -0.2) is 26.1 Å². The van der Waals surface area contributed by atoms with E-state index in [-0.39, 0.29) is 11.9 Å². The summed E-state index contributed by atoms with van der Waals surface area (Å²) in [6, 6.07) is 12.7. The number of hydrogen-bond acceptors (Lipinski definition) is 5. The van der Waals surface area contributed by atoms with Crippen LogP contribution in [-0.2, 0) is 0 Å². The summed E-state index contributed by atoms with van der Waals surface area (Å²) in [4.78, 5) is 15.7. The van der Waals surface area contributed by atoms with Crippen LogP contribution < -0.4 is 9.64 Å². The summed E-state index contributed by atoms with van der Waals surface area (Å²) >= 11 is 0. The molecule has 2 aromatic heterocycles. The van der Waals surface area contributed by atoms with Gasteiger partial charge in [0.05, 0.1) is 24.5 Å². The maximum absolute atomic E-state index is 13.9. The number of imidazole rings is 1. The number of aromatic nitrogens is 4. The number of ether oxygens (including phenoxy) is 1. The SMILES string of the molecule is C=CN(c1ncc2nc(C)n([C@@H]3CCOc4ccccc43)c2n1)c1cc(F)ccc1C. The summed E-state index contributed by atoms with van der Waals surface area (Å²) in [5, 5.41) is 0. The average Bonchev–Trinajstić information content (AvgIpc) is 3.11. The van der Waals surface area contributed by atoms with Gasteiger partial charge < -0.3 is 9.30 Å². The highest BCUT2D eigenvalue weighted by Crippen LogP contribution is 2.37. The van der Waals surface area contributed by atoms with Crippen molar-refractivity contribution >= 4 is 22.8 Å². The molecule has 0 N–H and O–H groups in total. The maximum Gasteiger partial charge on any atom is 0.236 e. The van der Waals surface area contributed by atoms with Crippen LogP contribution in [0, 0.1) is 19.7 Å². The topological polar surface area (TPSA) is 56.1 Å². The van der Waals surface area contributed by atoms with Crippen molar-refractivity contribution in [3.8, 4) is 5.75 Å². The molecule has 4 aromatic rings. The highest BCUT2D eigenvalue weighted by molar-refractivity contribution is 5.74.